The van der Waals surface area contributed by atoms with Gasteiger partial charge < -0.3 is 9.11 Å². The highest BCUT2D eigenvalue weighted by atomic mass is 35.5. The summed E-state index contributed by atoms with van der Waals surface area (Å²) in [6.45, 7) is 0. The molecule has 0 fully saturated rings. The lowest BCUT2D eigenvalue weighted by Crippen LogP contribution is -1.91. The first-order valence-electron chi connectivity index (χ1n) is 6.25. The maximum absolute atomic E-state index is 8.52. The van der Waals surface area contributed by atoms with Crippen LogP contribution in [0.25, 0.3) is 10.2 Å². The van der Waals surface area contributed by atoms with E-state index in [0.29, 0.717) is 31.5 Å². The van der Waals surface area contributed by atoms with Crippen LogP contribution in [0.2, 0.25) is 20.1 Å². The molecule has 0 amide bonds. The number of hydrogen-bond donors (Lipinski definition) is 2. The minimum Gasteiger partial charge on any atom is -0.759 e. The molecule has 2 rings (SSSR count). The van der Waals surface area contributed by atoms with E-state index in [9.17, 15) is 0 Å². The fraction of sp³-hybridized carbons (Fsp3) is 0. The van der Waals surface area contributed by atoms with E-state index in [4.69, 9.17) is 74.7 Å². The molecule has 0 bridgehead atoms. The van der Waals surface area contributed by atoms with E-state index < -0.39 is 10.4 Å². The molecule has 0 atom stereocenters. The van der Waals surface area contributed by atoms with Gasteiger partial charge in [-0.05, 0) is 47.2 Å². The van der Waals surface area contributed by atoms with Crippen LogP contribution in [0.15, 0.2) is 36.4 Å². The third-order valence-electron chi connectivity index (χ3n) is 2.20. The number of halogens is 4. The predicted molar refractivity (Wildman–Crippen MR) is 101 cm³/mol. The van der Waals surface area contributed by atoms with Gasteiger partial charge in [0.05, 0.1) is 10.0 Å². The quantitative estimate of drug-likeness (QED) is 0.266. The Labute approximate surface area is 173 Å². The second kappa shape index (κ2) is 12.3. The molecule has 10 nitrogen and oxygen atoms in total. The van der Waals surface area contributed by atoms with Crippen molar-refractivity contribution in [3.63, 3.8) is 0 Å². The maximum Gasteiger partial charge on any atom is 0.308 e. The van der Waals surface area contributed by atoms with Gasteiger partial charge in [-0.3, -0.25) is 8.42 Å². The lowest BCUT2D eigenvalue weighted by Gasteiger charge is -2.06. The molecule has 2 aromatic carbocycles. The van der Waals surface area contributed by atoms with E-state index in [1.165, 1.54) is 0 Å². The summed E-state index contributed by atoms with van der Waals surface area (Å²) in [6, 6.07) is 9.63. The van der Waals surface area contributed by atoms with E-state index in [0.717, 1.165) is 0 Å². The zero-order chi connectivity index (χ0) is 21.0. The van der Waals surface area contributed by atoms with Crippen LogP contribution in [0.4, 0.5) is 11.4 Å². The van der Waals surface area contributed by atoms with Crippen molar-refractivity contribution in [3.8, 4) is 0 Å². The molecule has 2 N–H and O–H groups in total. The molecule has 0 aliphatic carbocycles. The molecule has 0 aliphatic heterocycles. The van der Waals surface area contributed by atoms with Gasteiger partial charge in [-0.2, -0.15) is 0 Å². The third-order valence-corrected chi connectivity index (χ3v) is 3.33. The van der Waals surface area contributed by atoms with Crippen molar-refractivity contribution in [3.05, 3.63) is 66.7 Å². The summed E-state index contributed by atoms with van der Waals surface area (Å²) in [7, 11) is -5.17. The first-order valence-corrected chi connectivity index (χ1v) is 9.09. The van der Waals surface area contributed by atoms with Crippen molar-refractivity contribution >= 4 is 68.2 Å². The van der Waals surface area contributed by atoms with Crippen molar-refractivity contribution in [2.45, 2.75) is 0 Å². The summed E-state index contributed by atoms with van der Waals surface area (Å²) in [6.07, 6.45) is 0. The fourth-order valence-electron chi connectivity index (χ4n) is 1.27. The number of hydrogen-bond acceptors (Lipinski definition) is 8. The monoisotopic (exact) mass is 472 g/mol. The lowest BCUT2D eigenvalue weighted by atomic mass is 10.3. The molecule has 0 unspecified atom stereocenters. The molecule has 0 spiro atoms. The van der Waals surface area contributed by atoms with Gasteiger partial charge in [0.2, 0.25) is 0 Å². The van der Waals surface area contributed by atoms with Crippen molar-refractivity contribution < 1.29 is 17.5 Å². The van der Waals surface area contributed by atoms with E-state index in [-0.39, 0.29) is 0 Å². The van der Waals surface area contributed by atoms with Crippen LogP contribution in [-0.2, 0) is 10.4 Å². The van der Waals surface area contributed by atoms with Gasteiger partial charge in [0.1, 0.15) is 11.4 Å². The smallest absolute Gasteiger partial charge is 0.308 e. The Morgan fingerprint density at radius 1 is 0.778 bits per heavy atom. The number of benzene rings is 2. The molecule has 0 saturated heterocycles. The van der Waals surface area contributed by atoms with Crippen LogP contribution in [-0.4, -0.2) is 17.5 Å². The highest BCUT2D eigenvalue weighted by molar-refractivity contribution is 7.79. The molecule has 0 aliphatic rings. The van der Waals surface area contributed by atoms with Crippen molar-refractivity contribution in [1.29, 1.82) is 10.8 Å². The minimum atomic E-state index is -5.17. The zero-order valence-corrected chi connectivity index (χ0v) is 16.6. The highest BCUT2D eigenvalue weighted by Crippen LogP contribution is 2.25. The van der Waals surface area contributed by atoms with Crippen LogP contribution < -0.4 is 10.9 Å². The number of diazo groups is 2. The highest BCUT2D eigenvalue weighted by Gasteiger charge is 2.05. The van der Waals surface area contributed by atoms with Gasteiger partial charge in [-0.15, -0.1) is 0 Å². The number of anilines is 2. The molecule has 0 radical (unpaired) electrons. The van der Waals surface area contributed by atoms with Crippen LogP contribution >= 0.6 is 46.4 Å². The average molecular weight is 474 g/mol. The van der Waals surface area contributed by atoms with Crippen molar-refractivity contribution in [2.75, 3.05) is 10.9 Å². The number of nitrogens with zero attached hydrogens (tertiary/aromatic N) is 4. The summed E-state index contributed by atoms with van der Waals surface area (Å²) in [5.74, 6) is 0. The van der Waals surface area contributed by atoms with Crippen LogP contribution in [0.3, 0.4) is 0 Å². The Morgan fingerprint density at radius 2 is 1.07 bits per heavy atom. The van der Waals surface area contributed by atoms with E-state index in [1.807, 2.05) is 0 Å². The van der Waals surface area contributed by atoms with E-state index >= 15 is 0 Å². The first kappa shape index (κ1) is 24.9. The maximum atomic E-state index is 8.52. The van der Waals surface area contributed by atoms with Gasteiger partial charge in [-0.25, -0.2) is 0 Å². The molecular weight excluding hydrogens is 466 g/mol. The van der Waals surface area contributed by atoms with Gasteiger partial charge in [0.25, 0.3) is 10.8 Å². The molecule has 2 aromatic rings. The first-order chi connectivity index (χ1) is 12.5. The van der Waals surface area contributed by atoms with Gasteiger partial charge in [-0.1, -0.05) is 46.4 Å². The summed E-state index contributed by atoms with van der Waals surface area (Å²) < 4.78 is 34.1. The standard InChI is InChI=1S/2C6H4Cl2N3.H2O4S/c2*7-4-1-2-5(8)6(3-4)10-11-9;1-5(2,3)4/h2*1-3,10H;(H2,1,2,3,4)/q2*+1;/p-2. The van der Waals surface area contributed by atoms with Crippen LogP contribution in [0.5, 0.6) is 0 Å². The van der Waals surface area contributed by atoms with Crippen LogP contribution in [0.1, 0.15) is 0 Å². The summed E-state index contributed by atoms with van der Waals surface area (Å²) >= 11 is 22.6. The zero-order valence-electron chi connectivity index (χ0n) is 12.8. The van der Waals surface area contributed by atoms with Gasteiger partial charge >= 0.3 is 10.2 Å². The molecule has 144 valence electrons. The lowest BCUT2D eigenvalue weighted by molar-refractivity contribution is 0.352. The summed E-state index contributed by atoms with van der Waals surface area (Å²) in [5.41, 5.74) is 5.51. The second-order valence-electron chi connectivity index (χ2n) is 4.08. The van der Waals surface area contributed by atoms with E-state index in [1.54, 1.807) is 36.4 Å². The van der Waals surface area contributed by atoms with E-state index in [2.05, 4.69) is 21.0 Å². The molecule has 27 heavy (non-hydrogen) atoms. The fourth-order valence-corrected chi connectivity index (χ4v) is 1.94. The van der Waals surface area contributed by atoms with Gasteiger partial charge in [0, 0.05) is 20.4 Å². The molecule has 0 aromatic heterocycles. The Hall–Kier alpha value is -2.09. The number of rotatable bonds is 2. The predicted octanol–water partition coefficient (Wildman–Crippen LogP) is 5.01. The second-order valence-corrected chi connectivity index (χ2v) is 6.58. The molecule has 0 saturated carbocycles. The Bertz CT molecular complexity index is 890. The molecule has 15 heteroatoms. The van der Waals surface area contributed by atoms with Crippen LogP contribution in [0, 0.1) is 10.8 Å². The minimum absolute atomic E-state index is 0.451. The Morgan fingerprint density at radius 3 is 1.33 bits per heavy atom. The Kier molecular flexibility index (Phi) is 11.4. The SMILES string of the molecule is N#[N+]Nc1cc(Cl)ccc1Cl.N#[N+]Nc1cc(Cl)ccc1Cl.O=S(=O)([O-])[O-]. The summed E-state index contributed by atoms with van der Waals surface area (Å²) in [5, 5.41) is 23.7. The Balaban J connectivity index is 0.000000405. The summed E-state index contributed by atoms with van der Waals surface area (Å²) in [4.78, 5) is 0. The third kappa shape index (κ3) is 12.8. The van der Waals surface area contributed by atoms with Crippen molar-refractivity contribution in [2.24, 2.45) is 0 Å². The van der Waals surface area contributed by atoms with Gasteiger partial charge in [0.15, 0.2) is 0 Å². The number of nitrogens with one attached hydrogen (secondary N) is 2. The molecular formula is C12H8Cl4N6O4S. The normalized spacial score (nSPS) is 9.33. The topological polar surface area (TPSA) is 161 Å². The molecule has 0 heterocycles. The average Bonchev–Trinajstić information content (AvgIpc) is 2.54. The largest absolute Gasteiger partial charge is 0.759 e. The van der Waals surface area contributed by atoms with Crippen molar-refractivity contribution in [1.82, 2.24) is 0 Å².